The molecule has 3 rings (SSSR count). The lowest BCUT2D eigenvalue weighted by atomic mass is 10.1. The van der Waals surface area contributed by atoms with Crippen LogP contribution in [0.1, 0.15) is 49.6 Å². The van der Waals surface area contributed by atoms with Gasteiger partial charge in [0.05, 0.1) is 4.90 Å². The average Bonchev–Trinajstić information content (AvgIpc) is 3.16. The zero-order valence-electron chi connectivity index (χ0n) is 18.1. The Labute approximate surface area is 187 Å². The van der Waals surface area contributed by atoms with E-state index in [-0.39, 0.29) is 36.1 Å². The molecule has 0 aliphatic carbocycles. The lowest BCUT2D eigenvalue weighted by molar-refractivity contribution is -0.134. The molecule has 0 saturated heterocycles. The number of thiophene rings is 1. The summed E-state index contributed by atoms with van der Waals surface area (Å²) in [6, 6.07) is 8.63. The molecule has 0 radical (unpaired) electrons. The molecular formula is C22H29N3O4S2. The smallest absolute Gasteiger partial charge is 0.241 e. The summed E-state index contributed by atoms with van der Waals surface area (Å²) in [6.45, 7) is 6.68. The van der Waals surface area contributed by atoms with Crippen LogP contribution in [0.25, 0.3) is 0 Å². The molecule has 0 spiro atoms. The Morgan fingerprint density at radius 3 is 2.61 bits per heavy atom. The van der Waals surface area contributed by atoms with Gasteiger partial charge in [-0.05, 0) is 55.8 Å². The van der Waals surface area contributed by atoms with E-state index in [9.17, 15) is 18.0 Å². The Kier molecular flexibility index (Phi) is 7.18. The molecule has 1 aliphatic heterocycles. The molecule has 1 aliphatic rings. The van der Waals surface area contributed by atoms with Crippen LogP contribution in [0.2, 0.25) is 0 Å². The minimum absolute atomic E-state index is 0.0376. The Balaban J connectivity index is 1.53. The first-order chi connectivity index (χ1) is 14.5. The van der Waals surface area contributed by atoms with Crippen LogP contribution in [0.5, 0.6) is 0 Å². The fraction of sp³-hybridized carbons (Fsp3) is 0.455. The van der Waals surface area contributed by atoms with Gasteiger partial charge >= 0.3 is 0 Å². The summed E-state index contributed by atoms with van der Waals surface area (Å²) < 4.78 is 28.0. The quantitative estimate of drug-likeness (QED) is 0.660. The Bertz CT molecular complexity index is 1050. The van der Waals surface area contributed by atoms with Gasteiger partial charge in [-0.3, -0.25) is 9.59 Å². The number of fused-ring (bicyclic) bond motifs is 1. The largest absolute Gasteiger partial charge is 0.352 e. The fourth-order valence-electron chi connectivity index (χ4n) is 3.49. The zero-order valence-corrected chi connectivity index (χ0v) is 19.7. The lowest BCUT2D eigenvalue weighted by Crippen LogP contribution is -2.41. The summed E-state index contributed by atoms with van der Waals surface area (Å²) in [5.41, 5.74) is 1.07. The Morgan fingerprint density at radius 2 is 1.87 bits per heavy atom. The summed E-state index contributed by atoms with van der Waals surface area (Å²) >= 11 is 1.72. The topological polar surface area (TPSA) is 95.6 Å². The van der Waals surface area contributed by atoms with Crippen molar-refractivity contribution in [2.75, 3.05) is 6.54 Å². The first-order valence-electron chi connectivity index (χ1n) is 10.3. The highest BCUT2D eigenvalue weighted by Crippen LogP contribution is 2.24. The third-order valence-electron chi connectivity index (χ3n) is 4.90. The van der Waals surface area contributed by atoms with Crippen LogP contribution in [-0.2, 0) is 39.1 Å². The minimum atomic E-state index is -3.72. The van der Waals surface area contributed by atoms with Crippen molar-refractivity contribution in [2.45, 2.75) is 63.6 Å². The maximum absolute atomic E-state index is 12.7. The molecule has 2 amide bonds. The van der Waals surface area contributed by atoms with Crippen molar-refractivity contribution in [3.05, 3.63) is 51.7 Å². The summed E-state index contributed by atoms with van der Waals surface area (Å²) in [5, 5.41) is 4.79. The second-order valence-corrected chi connectivity index (χ2v) is 11.3. The highest BCUT2D eigenvalue weighted by Gasteiger charge is 2.25. The van der Waals surface area contributed by atoms with Crippen LogP contribution >= 0.6 is 11.3 Å². The monoisotopic (exact) mass is 463 g/mol. The second-order valence-electron chi connectivity index (χ2n) is 8.67. The van der Waals surface area contributed by atoms with Gasteiger partial charge in [-0.1, -0.05) is 18.2 Å². The summed E-state index contributed by atoms with van der Waals surface area (Å²) in [5.74, 6) is -0.318. The maximum Gasteiger partial charge on any atom is 0.241 e. The SMILES string of the molecule is CC(C)(C)NS(=O)(=O)c1ccccc1CNC(=O)CCC(=O)N1CCc2sccc2C1. The van der Waals surface area contributed by atoms with Crippen LogP contribution in [0.4, 0.5) is 0 Å². The number of benzene rings is 1. The van der Waals surface area contributed by atoms with E-state index < -0.39 is 15.6 Å². The predicted octanol–water partition coefficient (Wildman–Crippen LogP) is 2.81. The van der Waals surface area contributed by atoms with Gasteiger partial charge in [0.2, 0.25) is 21.8 Å². The van der Waals surface area contributed by atoms with Crippen molar-refractivity contribution in [1.82, 2.24) is 14.9 Å². The maximum atomic E-state index is 12.7. The Morgan fingerprint density at radius 1 is 1.13 bits per heavy atom. The number of carbonyl (C=O) groups excluding carboxylic acids is 2. The number of sulfonamides is 1. The van der Waals surface area contributed by atoms with Crippen LogP contribution in [0.3, 0.4) is 0 Å². The molecule has 0 bridgehead atoms. The third-order valence-corrected chi connectivity index (χ3v) is 7.79. The first-order valence-corrected chi connectivity index (χ1v) is 12.6. The van der Waals surface area contributed by atoms with Gasteiger partial charge in [0.1, 0.15) is 0 Å². The van der Waals surface area contributed by atoms with Crippen LogP contribution in [-0.4, -0.2) is 37.2 Å². The molecule has 1 aromatic carbocycles. The molecule has 0 fully saturated rings. The second kappa shape index (κ2) is 9.50. The summed E-state index contributed by atoms with van der Waals surface area (Å²) in [6.07, 6.45) is 1.07. The van der Waals surface area contributed by atoms with E-state index in [0.717, 1.165) is 6.42 Å². The van der Waals surface area contributed by atoms with E-state index in [1.807, 2.05) is 11.4 Å². The van der Waals surface area contributed by atoms with Gasteiger partial charge in [0.25, 0.3) is 0 Å². The van der Waals surface area contributed by atoms with Gasteiger partial charge < -0.3 is 10.2 Å². The van der Waals surface area contributed by atoms with E-state index in [0.29, 0.717) is 18.7 Å². The van der Waals surface area contributed by atoms with E-state index in [4.69, 9.17) is 0 Å². The molecule has 168 valence electrons. The van der Waals surface area contributed by atoms with Crippen LogP contribution < -0.4 is 10.0 Å². The van der Waals surface area contributed by atoms with Crippen molar-refractivity contribution in [1.29, 1.82) is 0 Å². The van der Waals surface area contributed by atoms with Crippen molar-refractivity contribution in [2.24, 2.45) is 0 Å². The van der Waals surface area contributed by atoms with Gasteiger partial charge in [0, 0.05) is 42.9 Å². The number of nitrogens with one attached hydrogen (secondary N) is 2. The fourth-order valence-corrected chi connectivity index (χ4v) is 6.04. The molecule has 0 unspecified atom stereocenters. The number of hydrogen-bond acceptors (Lipinski definition) is 5. The van der Waals surface area contributed by atoms with Crippen molar-refractivity contribution < 1.29 is 18.0 Å². The summed E-state index contributed by atoms with van der Waals surface area (Å²) in [7, 11) is -3.72. The molecule has 0 atom stereocenters. The number of nitrogens with zero attached hydrogens (tertiary/aromatic N) is 1. The third kappa shape index (κ3) is 6.38. The first kappa shape index (κ1) is 23.4. The van der Waals surface area contributed by atoms with Crippen LogP contribution in [0.15, 0.2) is 40.6 Å². The highest BCUT2D eigenvalue weighted by atomic mass is 32.2. The highest BCUT2D eigenvalue weighted by molar-refractivity contribution is 7.89. The van der Waals surface area contributed by atoms with Gasteiger partial charge in [0.15, 0.2) is 0 Å². The lowest BCUT2D eigenvalue weighted by Gasteiger charge is -2.27. The molecule has 31 heavy (non-hydrogen) atoms. The molecule has 2 heterocycles. The molecule has 9 heteroatoms. The number of amides is 2. The van der Waals surface area contributed by atoms with E-state index in [1.54, 1.807) is 55.2 Å². The van der Waals surface area contributed by atoms with Crippen molar-refractivity contribution >= 4 is 33.2 Å². The number of hydrogen-bond donors (Lipinski definition) is 2. The molecular weight excluding hydrogens is 434 g/mol. The number of carbonyl (C=O) groups is 2. The Hall–Kier alpha value is -2.23. The van der Waals surface area contributed by atoms with Gasteiger partial charge in [-0.25, -0.2) is 13.1 Å². The number of rotatable bonds is 7. The van der Waals surface area contributed by atoms with Gasteiger partial charge in [-0.2, -0.15) is 0 Å². The molecule has 7 nitrogen and oxygen atoms in total. The molecule has 2 N–H and O–H groups in total. The molecule has 2 aromatic rings. The minimum Gasteiger partial charge on any atom is -0.352 e. The summed E-state index contributed by atoms with van der Waals surface area (Å²) in [4.78, 5) is 28.1. The molecule has 0 saturated carbocycles. The van der Waals surface area contributed by atoms with E-state index in [2.05, 4.69) is 10.0 Å². The van der Waals surface area contributed by atoms with Crippen molar-refractivity contribution in [3.63, 3.8) is 0 Å². The standard InChI is InChI=1S/C22H29N3O4S2/c1-22(2,3)24-31(28,29)19-7-5-4-6-16(19)14-23-20(26)8-9-21(27)25-12-10-18-17(15-25)11-13-30-18/h4-7,11,13,24H,8-10,12,14-15H2,1-3H3,(H,23,26). The average molecular weight is 464 g/mol. The van der Waals surface area contributed by atoms with E-state index >= 15 is 0 Å². The normalized spacial score (nSPS) is 14.2. The van der Waals surface area contributed by atoms with Crippen LogP contribution in [0, 0.1) is 0 Å². The van der Waals surface area contributed by atoms with E-state index in [1.165, 1.54) is 16.5 Å². The predicted molar refractivity (Wildman–Crippen MR) is 121 cm³/mol. The van der Waals surface area contributed by atoms with Crippen molar-refractivity contribution in [3.8, 4) is 0 Å². The zero-order chi connectivity index (χ0) is 22.6. The van der Waals surface area contributed by atoms with Gasteiger partial charge in [-0.15, -0.1) is 11.3 Å². The molecule has 1 aromatic heterocycles.